The lowest BCUT2D eigenvalue weighted by atomic mass is 10.1. The molecule has 0 aliphatic heterocycles. The highest BCUT2D eigenvalue weighted by Crippen LogP contribution is 2.29. The molecule has 0 heterocycles. The molecule has 1 aromatic rings. The molecule has 0 saturated heterocycles. The Morgan fingerprint density at radius 3 is 2.65 bits per heavy atom. The highest BCUT2D eigenvalue weighted by molar-refractivity contribution is 7.88. The minimum atomic E-state index is -3.30. The van der Waals surface area contributed by atoms with Crippen LogP contribution in [0.25, 0.3) is 0 Å². The molecule has 4 nitrogen and oxygen atoms in total. The van der Waals surface area contributed by atoms with Crippen molar-refractivity contribution >= 4 is 10.0 Å². The second-order valence-electron chi connectivity index (χ2n) is 4.27. The van der Waals surface area contributed by atoms with E-state index in [2.05, 4.69) is 0 Å². The van der Waals surface area contributed by atoms with Crippen molar-refractivity contribution in [2.45, 2.75) is 24.6 Å². The van der Waals surface area contributed by atoms with Crippen molar-refractivity contribution in [3.8, 4) is 6.07 Å². The van der Waals surface area contributed by atoms with E-state index in [0.29, 0.717) is 11.1 Å². The number of hydrogen-bond acceptors (Lipinski definition) is 3. The second kappa shape index (κ2) is 4.47. The third-order valence-corrected chi connectivity index (χ3v) is 4.83. The summed E-state index contributed by atoms with van der Waals surface area (Å²) in [7, 11) is -1.69. The fourth-order valence-corrected chi connectivity index (χ4v) is 3.23. The van der Waals surface area contributed by atoms with E-state index in [4.69, 9.17) is 5.26 Å². The van der Waals surface area contributed by atoms with Gasteiger partial charge in [0.1, 0.15) is 0 Å². The van der Waals surface area contributed by atoms with Crippen LogP contribution in [0, 0.1) is 11.3 Å². The average Bonchev–Trinajstić information content (AvgIpc) is 3.12. The number of hydrogen-bond donors (Lipinski definition) is 0. The molecule has 0 radical (unpaired) electrons. The molecule has 17 heavy (non-hydrogen) atoms. The Bertz CT molecular complexity index is 556. The highest BCUT2D eigenvalue weighted by atomic mass is 32.2. The van der Waals surface area contributed by atoms with Crippen LogP contribution in [-0.4, -0.2) is 25.8 Å². The molecule has 0 N–H and O–H groups in total. The molecule has 0 bridgehead atoms. The van der Waals surface area contributed by atoms with Gasteiger partial charge in [-0.2, -0.15) is 5.26 Å². The third kappa shape index (κ3) is 2.65. The second-order valence-corrected chi connectivity index (χ2v) is 6.30. The molecule has 1 aromatic carbocycles. The highest BCUT2D eigenvalue weighted by Gasteiger charge is 2.34. The van der Waals surface area contributed by atoms with Gasteiger partial charge in [-0.3, -0.25) is 0 Å². The summed E-state index contributed by atoms with van der Waals surface area (Å²) >= 11 is 0. The maximum atomic E-state index is 12.1. The largest absolute Gasteiger partial charge is 0.218 e. The van der Waals surface area contributed by atoms with Crippen molar-refractivity contribution < 1.29 is 8.42 Å². The summed E-state index contributed by atoms with van der Waals surface area (Å²) < 4.78 is 25.6. The number of benzene rings is 1. The molecular weight excluding hydrogens is 236 g/mol. The van der Waals surface area contributed by atoms with Gasteiger partial charge in [0.25, 0.3) is 0 Å². The molecule has 1 saturated carbocycles. The van der Waals surface area contributed by atoms with E-state index in [1.165, 1.54) is 4.31 Å². The van der Waals surface area contributed by atoms with Gasteiger partial charge in [-0.05, 0) is 24.5 Å². The van der Waals surface area contributed by atoms with Gasteiger partial charge in [-0.25, -0.2) is 12.7 Å². The lowest BCUT2D eigenvalue weighted by Gasteiger charge is -2.16. The van der Waals surface area contributed by atoms with E-state index < -0.39 is 10.0 Å². The third-order valence-electron chi connectivity index (χ3n) is 2.98. The maximum Gasteiger partial charge on any atom is 0.218 e. The van der Waals surface area contributed by atoms with E-state index >= 15 is 0 Å². The lowest BCUT2D eigenvalue weighted by molar-refractivity contribution is 0.463. The van der Waals surface area contributed by atoms with E-state index in [1.54, 1.807) is 31.3 Å². The molecule has 1 aliphatic rings. The first-order valence-corrected chi connectivity index (χ1v) is 7.09. The summed E-state index contributed by atoms with van der Waals surface area (Å²) in [5, 5.41) is 8.92. The van der Waals surface area contributed by atoms with Crippen LogP contribution < -0.4 is 0 Å². The van der Waals surface area contributed by atoms with Crippen LogP contribution in [0.2, 0.25) is 0 Å². The Labute approximate surface area is 102 Å². The van der Waals surface area contributed by atoms with Gasteiger partial charge in [0, 0.05) is 13.1 Å². The van der Waals surface area contributed by atoms with Crippen molar-refractivity contribution in [3.63, 3.8) is 0 Å². The zero-order chi connectivity index (χ0) is 12.5. The predicted molar refractivity (Wildman–Crippen MR) is 64.6 cm³/mol. The molecule has 0 atom stereocenters. The zero-order valence-corrected chi connectivity index (χ0v) is 10.4. The van der Waals surface area contributed by atoms with Gasteiger partial charge in [-0.1, -0.05) is 18.2 Å². The van der Waals surface area contributed by atoms with Crippen LogP contribution >= 0.6 is 0 Å². The average molecular weight is 250 g/mol. The lowest BCUT2D eigenvalue weighted by Crippen LogP contribution is -2.30. The van der Waals surface area contributed by atoms with Gasteiger partial charge in [0.2, 0.25) is 10.0 Å². The summed E-state index contributed by atoms with van der Waals surface area (Å²) in [5.74, 6) is -0.0935. The maximum absolute atomic E-state index is 12.1. The first kappa shape index (κ1) is 12.1. The van der Waals surface area contributed by atoms with Crippen molar-refractivity contribution in [1.82, 2.24) is 4.31 Å². The number of rotatable bonds is 4. The Balaban J connectivity index is 2.23. The normalized spacial score (nSPS) is 15.8. The molecule has 0 spiro atoms. The van der Waals surface area contributed by atoms with Crippen LogP contribution in [0.15, 0.2) is 24.3 Å². The van der Waals surface area contributed by atoms with Crippen LogP contribution in [-0.2, 0) is 15.8 Å². The summed E-state index contributed by atoms with van der Waals surface area (Å²) in [4.78, 5) is 0. The van der Waals surface area contributed by atoms with Gasteiger partial charge in [0.05, 0.1) is 17.4 Å². The van der Waals surface area contributed by atoms with Gasteiger partial charge in [0.15, 0.2) is 0 Å². The van der Waals surface area contributed by atoms with E-state index in [0.717, 1.165) is 12.8 Å². The molecular formula is C12H14N2O2S. The van der Waals surface area contributed by atoms with Crippen LogP contribution in [0.4, 0.5) is 0 Å². The predicted octanol–water partition coefficient (Wildman–Crippen LogP) is 1.48. The monoisotopic (exact) mass is 250 g/mol. The Morgan fingerprint density at radius 1 is 1.41 bits per heavy atom. The number of sulfonamides is 1. The van der Waals surface area contributed by atoms with E-state index in [9.17, 15) is 8.42 Å². The van der Waals surface area contributed by atoms with Crippen molar-refractivity contribution in [2.75, 3.05) is 7.05 Å². The van der Waals surface area contributed by atoms with E-state index in [1.807, 2.05) is 6.07 Å². The van der Waals surface area contributed by atoms with Gasteiger partial charge in [-0.15, -0.1) is 0 Å². The molecule has 0 amide bonds. The number of nitrogens with zero attached hydrogens (tertiary/aromatic N) is 2. The standard InChI is InChI=1S/C12H14N2O2S/c1-14(12-6-7-12)17(15,16)9-11-5-3-2-4-10(11)8-13/h2-5,12H,6-7,9H2,1H3. The quantitative estimate of drug-likeness (QED) is 0.813. The summed E-state index contributed by atoms with van der Waals surface area (Å²) in [6.07, 6.45) is 1.88. The summed E-state index contributed by atoms with van der Waals surface area (Å²) in [6, 6.07) is 9.00. The number of nitriles is 1. The van der Waals surface area contributed by atoms with Crippen LogP contribution in [0.1, 0.15) is 24.0 Å². The molecule has 2 rings (SSSR count). The molecule has 1 aliphatic carbocycles. The summed E-state index contributed by atoms with van der Waals surface area (Å²) in [6.45, 7) is 0. The van der Waals surface area contributed by atoms with Crippen molar-refractivity contribution in [2.24, 2.45) is 0 Å². The van der Waals surface area contributed by atoms with Crippen LogP contribution in [0.5, 0.6) is 0 Å². The zero-order valence-electron chi connectivity index (χ0n) is 9.63. The first-order valence-electron chi connectivity index (χ1n) is 5.48. The Kier molecular flexibility index (Phi) is 3.18. The smallest absolute Gasteiger partial charge is 0.212 e. The Hall–Kier alpha value is -1.38. The fourth-order valence-electron chi connectivity index (χ4n) is 1.72. The van der Waals surface area contributed by atoms with Crippen molar-refractivity contribution in [3.05, 3.63) is 35.4 Å². The fraction of sp³-hybridized carbons (Fsp3) is 0.417. The van der Waals surface area contributed by atoms with Gasteiger partial charge < -0.3 is 0 Å². The first-order chi connectivity index (χ1) is 8.04. The molecule has 0 unspecified atom stereocenters. The molecule has 5 heteroatoms. The van der Waals surface area contributed by atoms with Crippen LogP contribution in [0.3, 0.4) is 0 Å². The van der Waals surface area contributed by atoms with E-state index in [-0.39, 0.29) is 11.8 Å². The molecule has 0 aromatic heterocycles. The minimum Gasteiger partial charge on any atom is -0.212 e. The Morgan fingerprint density at radius 2 is 2.06 bits per heavy atom. The molecule has 1 fully saturated rings. The van der Waals surface area contributed by atoms with Gasteiger partial charge >= 0.3 is 0 Å². The SMILES string of the molecule is CN(C1CC1)S(=O)(=O)Cc1ccccc1C#N. The molecule has 90 valence electrons. The van der Waals surface area contributed by atoms with Crippen molar-refractivity contribution in [1.29, 1.82) is 5.26 Å². The summed E-state index contributed by atoms with van der Waals surface area (Å²) in [5.41, 5.74) is 1.00. The topological polar surface area (TPSA) is 61.2 Å². The minimum absolute atomic E-state index is 0.0935.